The molecule has 2 aliphatic rings. The van der Waals surface area contributed by atoms with Crippen LogP contribution in [0.4, 0.5) is 4.79 Å². The molecule has 2 rings (SSSR count). The number of hydrogen-bond donors (Lipinski definition) is 0. The number of fused-ring (bicyclic) bond motifs is 1. The van der Waals surface area contributed by atoms with Gasteiger partial charge in [0.25, 0.3) is 10.1 Å². The molecule has 2 atom stereocenters. The predicted octanol–water partition coefficient (Wildman–Crippen LogP) is 1.99. The minimum atomic E-state index is -3.53. The van der Waals surface area contributed by atoms with Gasteiger partial charge in [-0.25, -0.2) is 4.79 Å². The minimum absolute atomic E-state index is 0.0141. The van der Waals surface area contributed by atoms with Crippen LogP contribution in [0.2, 0.25) is 0 Å². The van der Waals surface area contributed by atoms with E-state index in [0.717, 1.165) is 23.1 Å². The molecule has 8 heteroatoms. The second-order valence-electron chi connectivity index (χ2n) is 7.39. The van der Waals surface area contributed by atoms with E-state index < -0.39 is 15.7 Å². The molecule has 0 bridgehead atoms. The number of allylic oxidation sites excluding steroid dienone is 1. The van der Waals surface area contributed by atoms with Crippen LogP contribution in [0.1, 0.15) is 34.6 Å². The van der Waals surface area contributed by atoms with Crippen LogP contribution in [0.3, 0.4) is 0 Å². The number of rotatable bonds is 3. The van der Waals surface area contributed by atoms with E-state index in [0.29, 0.717) is 13.1 Å². The molecule has 1 saturated heterocycles. The maximum absolute atomic E-state index is 12.3. The van der Waals surface area contributed by atoms with Crippen molar-refractivity contribution >= 4 is 21.9 Å². The summed E-state index contributed by atoms with van der Waals surface area (Å²) in [7, 11) is -3.53. The number of amides is 1. The van der Waals surface area contributed by atoms with Gasteiger partial charge in [-0.05, 0) is 45.8 Å². The third-order valence-corrected chi connectivity index (χ3v) is 4.74. The van der Waals surface area contributed by atoms with Crippen molar-refractivity contribution < 1.29 is 22.1 Å². The highest BCUT2D eigenvalue weighted by molar-refractivity contribution is 7.85. The van der Waals surface area contributed by atoms with Crippen LogP contribution < -0.4 is 0 Å². The summed E-state index contributed by atoms with van der Waals surface area (Å²) in [5.41, 5.74) is 2.46. The van der Waals surface area contributed by atoms with E-state index in [2.05, 4.69) is 4.99 Å². The fourth-order valence-corrected chi connectivity index (χ4v) is 3.35. The van der Waals surface area contributed by atoms with Crippen LogP contribution in [0, 0.1) is 5.92 Å². The van der Waals surface area contributed by atoms with Crippen LogP contribution >= 0.6 is 0 Å². The SMILES string of the molecule is CC1=NC(COS(C)(=O)=O)C2CN(C(=O)OC(C)(C)C)CC2=C1C. The summed E-state index contributed by atoms with van der Waals surface area (Å²) < 4.78 is 32.9. The Hall–Kier alpha value is -1.41. The molecule has 2 unspecified atom stereocenters. The van der Waals surface area contributed by atoms with Crippen molar-refractivity contribution in [3.63, 3.8) is 0 Å². The first-order valence-corrected chi connectivity index (χ1v) is 9.76. The maximum atomic E-state index is 12.3. The molecule has 1 fully saturated rings. The lowest BCUT2D eigenvalue weighted by molar-refractivity contribution is 0.0287. The highest BCUT2D eigenvalue weighted by Crippen LogP contribution is 2.34. The van der Waals surface area contributed by atoms with Gasteiger partial charge < -0.3 is 9.64 Å². The lowest BCUT2D eigenvalue weighted by Crippen LogP contribution is -2.37. The largest absolute Gasteiger partial charge is 0.444 e. The van der Waals surface area contributed by atoms with Gasteiger partial charge in [-0.1, -0.05) is 0 Å². The Bertz CT molecular complexity index is 688. The van der Waals surface area contributed by atoms with Crippen LogP contribution in [-0.2, 0) is 19.0 Å². The van der Waals surface area contributed by atoms with Crippen molar-refractivity contribution in [2.75, 3.05) is 26.0 Å². The van der Waals surface area contributed by atoms with Crippen molar-refractivity contribution in [3.05, 3.63) is 11.1 Å². The van der Waals surface area contributed by atoms with Crippen molar-refractivity contribution in [2.24, 2.45) is 10.9 Å². The van der Waals surface area contributed by atoms with Gasteiger partial charge in [0.1, 0.15) is 5.60 Å². The summed E-state index contributed by atoms with van der Waals surface area (Å²) >= 11 is 0. The molecular weight excluding hydrogens is 332 g/mol. The van der Waals surface area contributed by atoms with Gasteiger partial charge in [0.05, 0.1) is 18.9 Å². The molecule has 2 aliphatic heterocycles. The second-order valence-corrected chi connectivity index (χ2v) is 9.03. The number of carbonyl (C=O) groups is 1. The molecule has 0 radical (unpaired) electrons. The Morgan fingerprint density at radius 2 is 1.96 bits per heavy atom. The second kappa shape index (κ2) is 6.48. The van der Waals surface area contributed by atoms with Gasteiger partial charge in [0, 0.05) is 24.7 Å². The Kier molecular flexibility index (Phi) is 5.11. The maximum Gasteiger partial charge on any atom is 0.410 e. The van der Waals surface area contributed by atoms with Gasteiger partial charge >= 0.3 is 6.09 Å². The van der Waals surface area contributed by atoms with Gasteiger partial charge in [-0.3, -0.25) is 9.18 Å². The van der Waals surface area contributed by atoms with Crippen molar-refractivity contribution in [3.8, 4) is 0 Å². The summed E-state index contributed by atoms with van der Waals surface area (Å²) in [5.74, 6) is -0.0389. The summed E-state index contributed by atoms with van der Waals surface area (Å²) in [5, 5.41) is 0. The smallest absolute Gasteiger partial charge is 0.410 e. The van der Waals surface area contributed by atoms with Crippen molar-refractivity contribution in [1.82, 2.24) is 4.90 Å². The first-order valence-electron chi connectivity index (χ1n) is 7.94. The number of ether oxygens (including phenoxy) is 1. The molecule has 0 spiro atoms. The zero-order valence-corrected chi connectivity index (χ0v) is 15.9. The fourth-order valence-electron chi connectivity index (χ4n) is 2.97. The molecule has 0 aromatic rings. The standard InChI is InChI=1S/C16H26N2O5S/c1-10-11(2)17-14(9-22-24(6,20)21)13-8-18(7-12(10)13)15(19)23-16(3,4)5/h13-14H,7-9H2,1-6H3. The van der Waals surface area contributed by atoms with Gasteiger partial charge in [0.15, 0.2) is 0 Å². The monoisotopic (exact) mass is 358 g/mol. The number of aliphatic imine (C=N–C) groups is 1. The van der Waals surface area contributed by atoms with Gasteiger partial charge in [-0.15, -0.1) is 0 Å². The summed E-state index contributed by atoms with van der Waals surface area (Å²) in [6.07, 6.45) is 0.661. The van der Waals surface area contributed by atoms with E-state index in [1.807, 2.05) is 34.6 Å². The van der Waals surface area contributed by atoms with Gasteiger partial charge in [-0.2, -0.15) is 8.42 Å². The summed E-state index contributed by atoms with van der Waals surface area (Å²) in [6.45, 7) is 10.3. The van der Waals surface area contributed by atoms with E-state index in [9.17, 15) is 13.2 Å². The lowest BCUT2D eigenvalue weighted by atomic mass is 9.87. The molecule has 24 heavy (non-hydrogen) atoms. The molecule has 1 amide bonds. The third kappa shape index (κ3) is 4.57. The molecule has 7 nitrogen and oxygen atoms in total. The Balaban J connectivity index is 2.17. The predicted molar refractivity (Wildman–Crippen MR) is 91.7 cm³/mol. The normalized spacial score (nSPS) is 24.8. The highest BCUT2D eigenvalue weighted by Gasteiger charge is 2.41. The average molecular weight is 358 g/mol. The molecule has 0 aliphatic carbocycles. The van der Waals surface area contributed by atoms with Crippen molar-refractivity contribution in [1.29, 1.82) is 0 Å². The van der Waals surface area contributed by atoms with E-state index >= 15 is 0 Å². The lowest BCUT2D eigenvalue weighted by Gasteiger charge is -2.27. The summed E-state index contributed by atoms with van der Waals surface area (Å²) in [6, 6.07) is -0.314. The van der Waals surface area contributed by atoms with Crippen molar-refractivity contribution in [2.45, 2.75) is 46.3 Å². The Morgan fingerprint density at radius 3 is 2.50 bits per heavy atom. The molecular formula is C16H26N2O5S. The molecule has 136 valence electrons. The minimum Gasteiger partial charge on any atom is -0.444 e. The third-order valence-electron chi connectivity index (χ3n) is 4.18. The van der Waals surface area contributed by atoms with Crippen LogP contribution in [0.15, 0.2) is 16.1 Å². The van der Waals surface area contributed by atoms with E-state index in [1.54, 1.807) is 4.90 Å². The van der Waals surface area contributed by atoms with E-state index in [1.165, 1.54) is 0 Å². The number of nitrogens with zero attached hydrogens (tertiary/aromatic N) is 2. The average Bonchev–Trinajstić information content (AvgIpc) is 2.84. The number of dihydropyridines is 1. The van der Waals surface area contributed by atoms with Gasteiger partial charge in [0.2, 0.25) is 0 Å². The van der Waals surface area contributed by atoms with Crippen LogP contribution in [-0.4, -0.2) is 62.7 Å². The van der Waals surface area contributed by atoms with Crippen LogP contribution in [0.5, 0.6) is 0 Å². The zero-order valence-electron chi connectivity index (χ0n) is 15.1. The molecule has 0 aromatic heterocycles. The zero-order chi connectivity index (χ0) is 18.3. The number of carbonyl (C=O) groups excluding carboxylic acids is 1. The number of hydrogen-bond acceptors (Lipinski definition) is 6. The topological polar surface area (TPSA) is 85.3 Å². The van der Waals surface area contributed by atoms with E-state index in [-0.39, 0.29) is 24.7 Å². The molecule has 0 aromatic carbocycles. The summed E-state index contributed by atoms with van der Waals surface area (Å²) in [4.78, 5) is 18.5. The molecule has 0 N–H and O–H groups in total. The Labute approximate surface area is 143 Å². The van der Waals surface area contributed by atoms with E-state index in [4.69, 9.17) is 8.92 Å². The van der Waals surface area contributed by atoms with Crippen LogP contribution in [0.25, 0.3) is 0 Å². The first kappa shape index (κ1) is 18.9. The first-order chi connectivity index (χ1) is 10.9. The number of likely N-dealkylation sites (tertiary alicyclic amines) is 1. The Morgan fingerprint density at radius 1 is 1.33 bits per heavy atom. The molecule has 2 heterocycles. The quantitative estimate of drug-likeness (QED) is 0.720. The molecule has 0 saturated carbocycles. The fraction of sp³-hybridized carbons (Fsp3) is 0.750. The highest BCUT2D eigenvalue weighted by atomic mass is 32.2.